The maximum Gasteiger partial charge on any atom is 0.115 e. The van der Waals surface area contributed by atoms with Gasteiger partial charge in [0.1, 0.15) is 11.3 Å². The van der Waals surface area contributed by atoms with Crippen LogP contribution in [-0.2, 0) is 19.1 Å². The molecule has 4 heteroatoms. The van der Waals surface area contributed by atoms with Crippen LogP contribution < -0.4 is 0 Å². The molecular weight excluding hydrogens is 248 g/mol. The SMILES string of the molecule is Cn1c(C2(C)CCC2)nc2c(Cl)cc(CO)cc21. The Kier molecular flexibility index (Phi) is 2.65. The fourth-order valence-electron chi connectivity index (χ4n) is 2.86. The van der Waals surface area contributed by atoms with Gasteiger partial charge >= 0.3 is 0 Å². The molecule has 0 radical (unpaired) electrons. The topological polar surface area (TPSA) is 38.0 Å². The Morgan fingerprint density at radius 2 is 2.17 bits per heavy atom. The second-order valence-electron chi connectivity index (χ2n) is 5.51. The van der Waals surface area contributed by atoms with Crippen molar-refractivity contribution >= 4 is 22.6 Å². The zero-order valence-corrected chi connectivity index (χ0v) is 11.5. The van der Waals surface area contributed by atoms with Gasteiger partial charge in [-0.3, -0.25) is 0 Å². The van der Waals surface area contributed by atoms with Gasteiger partial charge in [0.15, 0.2) is 0 Å². The predicted molar refractivity (Wildman–Crippen MR) is 72.8 cm³/mol. The minimum absolute atomic E-state index is 0.00738. The predicted octanol–water partition coefficient (Wildman–Crippen LogP) is 3.16. The number of hydrogen-bond donors (Lipinski definition) is 1. The van der Waals surface area contributed by atoms with Crippen molar-refractivity contribution < 1.29 is 5.11 Å². The fourth-order valence-corrected chi connectivity index (χ4v) is 3.14. The molecule has 1 N–H and O–H groups in total. The first kappa shape index (κ1) is 12.0. The largest absolute Gasteiger partial charge is 0.392 e. The maximum absolute atomic E-state index is 9.25. The number of hydrogen-bond acceptors (Lipinski definition) is 2. The van der Waals surface area contributed by atoms with Gasteiger partial charge in [-0.1, -0.05) is 24.9 Å². The molecule has 1 saturated carbocycles. The number of imidazole rings is 1. The van der Waals surface area contributed by atoms with E-state index in [1.807, 2.05) is 13.1 Å². The highest BCUT2D eigenvalue weighted by atomic mass is 35.5. The van der Waals surface area contributed by atoms with Crippen LogP contribution in [0.1, 0.15) is 37.6 Å². The highest BCUT2D eigenvalue weighted by Gasteiger charge is 2.37. The summed E-state index contributed by atoms with van der Waals surface area (Å²) in [5.74, 6) is 1.11. The number of halogens is 1. The minimum atomic E-state index is 0.00738. The van der Waals surface area contributed by atoms with Crippen molar-refractivity contribution in [1.29, 1.82) is 0 Å². The number of rotatable bonds is 2. The van der Waals surface area contributed by atoms with E-state index in [1.165, 1.54) is 19.3 Å². The molecule has 3 rings (SSSR count). The van der Waals surface area contributed by atoms with Crippen molar-refractivity contribution in [2.45, 2.75) is 38.2 Å². The number of nitrogens with zero attached hydrogens (tertiary/aromatic N) is 2. The number of aliphatic hydroxyl groups is 1. The molecule has 0 amide bonds. The summed E-state index contributed by atoms with van der Waals surface area (Å²) in [4.78, 5) is 4.73. The molecule has 0 saturated heterocycles. The van der Waals surface area contributed by atoms with Gasteiger partial charge in [-0.15, -0.1) is 0 Å². The summed E-state index contributed by atoms with van der Waals surface area (Å²) >= 11 is 6.25. The van der Waals surface area contributed by atoms with Crippen LogP contribution >= 0.6 is 11.6 Å². The third-order valence-electron chi connectivity index (χ3n) is 4.18. The summed E-state index contributed by atoms with van der Waals surface area (Å²) in [5.41, 5.74) is 2.88. The molecule has 1 fully saturated rings. The van der Waals surface area contributed by atoms with Crippen molar-refractivity contribution in [2.24, 2.45) is 7.05 Å². The van der Waals surface area contributed by atoms with Gasteiger partial charge in [0.25, 0.3) is 0 Å². The molecule has 1 aromatic carbocycles. The van der Waals surface area contributed by atoms with Crippen LogP contribution in [0.25, 0.3) is 11.0 Å². The maximum atomic E-state index is 9.25. The normalized spacial score (nSPS) is 18.0. The molecule has 18 heavy (non-hydrogen) atoms. The molecule has 1 heterocycles. The van der Waals surface area contributed by atoms with E-state index in [1.54, 1.807) is 6.07 Å². The quantitative estimate of drug-likeness (QED) is 0.905. The summed E-state index contributed by atoms with van der Waals surface area (Å²) in [6.07, 6.45) is 3.65. The lowest BCUT2D eigenvalue weighted by atomic mass is 9.70. The van der Waals surface area contributed by atoms with Crippen molar-refractivity contribution in [3.05, 3.63) is 28.5 Å². The summed E-state index contributed by atoms with van der Waals surface area (Å²) in [7, 11) is 2.03. The van der Waals surface area contributed by atoms with Crippen LogP contribution in [0.15, 0.2) is 12.1 Å². The van der Waals surface area contributed by atoms with Crippen LogP contribution in [0.4, 0.5) is 0 Å². The molecule has 1 aliphatic carbocycles. The van der Waals surface area contributed by atoms with Gasteiger partial charge in [-0.2, -0.15) is 0 Å². The van der Waals surface area contributed by atoms with Crippen LogP contribution in [0.2, 0.25) is 5.02 Å². The third kappa shape index (κ3) is 1.57. The van der Waals surface area contributed by atoms with Crippen molar-refractivity contribution in [1.82, 2.24) is 9.55 Å². The van der Waals surface area contributed by atoms with Gasteiger partial charge in [-0.05, 0) is 30.5 Å². The van der Waals surface area contributed by atoms with E-state index in [4.69, 9.17) is 16.6 Å². The van der Waals surface area contributed by atoms with Crippen LogP contribution in [0, 0.1) is 0 Å². The molecule has 3 nitrogen and oxygen atoms in total. The van der Waals surface area contributed by atoms with Crippen molar-refractivity contribution in [3.63, 3.8) is 0 Å². The second kappa shape index (κ2) is 3.97. The molecule has 96 valence electrons. The first-order chi connectivity index (χ1) is 8.55. The zero-order chi connectivity index (χ0) is 12.9. The molecular formula is C14H17ClN2O. The van der Waals surface area contributed by atoms with Crippen molar-refractivity contribution in [3.8, 4) is 0 Å². The van der Waals surface area contributed by atoms with Gasteiger partial charge in [0, 0.05) is 12.5 Å². The third-order valence-corrected chi connectivity index (χ3v) is 4.47. The van der Waals surface area contributed by atoms with E-state index in [0.717, 1.165) is 22.4 Å². The monoisotopic (exact) mass is 264 g/mol. The Balaban J connectivity index is 2.24. The fraction of sp³-hybridized carbons (Fsp3) is 0.500. The summed E-state index contributed by atoms with van der Waals surface area (Å²) < 4.78 is 2.12. The van der Waals surface area contributed by atoms with Gasteiger partial charge in [0.2, 0.25) is 0 Å². The standard InChI is InChI=1S/C14H17ClN2O/c1-14(4-3-5-14)13-16-12-10(15)6-9(8-18)7-11(12)17(13)2/h6-7,18H,3-5,8H2,1-2H3. The number of fused-ring (bicyclic) bond motifs is 1. The minimum Gasteiger partial charge on any atom is -0.392 e. The van der Waals surface area contributed by atoms with E-state index in [2.05, 4.69) is 11.5 Å². The average molecular weight is 265 g/mol. The van der Waals surface area contributed by atoms with E-state index in [0.29, 0.717) is 5.02 Å². The molecule has 0 bridgehead atoms. The summed E-state index contributed by atoms with van der Waals surface area (Å²) in [6.45, 7) is 2.27. The molecule has 0 atom stereocenters. The van der Waals surface area contributed by atoms with Crippen LogP contribution in [0.5, 0.6) is 0 Å². The van der Waals surface area contributed by atoms with Crippen LogP contribution in [0.3, 0.4) is 0 Å². The lowest BCUT2D eigenvalue weighted by molar-refractivity contribution is 0.251. The molecule has 2 aromatic rings. The van der Waals surface area contributed by atoms with Gasteiger partial charge < -0.3 is 9.67 Å². The lowest BCUT2D eigenvalue weighted by Crippen LogP contribution is -2.33. The van der Waals surface area contributed by atoms with E-state index >= 15 is 0 Å². The van der Waals surface area contributed by atoms with Gasteiger partial charge in [-0.25, -0.2) is 4.98 Å². The highest BCUT2D eigenvalue weighted by Crippen LogP contribution is 2.43. The van der Waals surface area contributed by atoms with E-state index in [9.17, 15) is 5.11 Å². The molecule has 0 spiro atoms. The molecule has 1 aromatic heterocycles. The van der Waals surface area contributed by atoms with Crippen LogP contribution in [-0.4, -0.2) is 14.7 Å². The Bertz CT molecular complexity index is 614. The second-order valence-corrected chi connectivity index (χ2v) is 5.92. The lowest BCUT2D eigenvalue weighted by Gasteiger charge is -2.37. The van der Waals surface area contributed by atoms with E-state index < -0.39 is 0 Å². The Labute approximate surface area is 111 Å². The number of aryl methyl sites for hydroxylation is 1. The smallest absolute Gasteiger partial charge is 0.115 e. The first-order valence-corrected chi connectivity index (χ1v) is 6.69. The van der Waals surface area contributed by atoms with E-state index in [-0.39, 0.29) is 12.0 Å². The Morgan fingerprint density at radius 1 is 1.44 bits per heavy atom. The summed E-state index contributed by atoms with van der Waals surface area (Å²) in [5, 5.41) is 9.87. The van der Waals surface area contributed by atoms with Crippen molar-refractivity contribution in [2.75, 3.05) is 0 Å². The first-order valence-electron chi connectivity index (χ1n) is 6.31. The average Bonchev–Trinajstić information content (AvgIpc) is 2.65. The summed E-state index contributed by atoms with van der Waals surface area (Å²) in [6, 6.07) is 3.77. The Morgan fingerprint density at radius 3 is 2.72 bits per heavy atom. The highest BCUT2D eigenvalue weighted by molar-refractivity contribution is 6.35. The number of aromatic nitrogens is 2. The number of benzene rings is 1. The zero-order valence-electron chi connectivity index (χ0n) is 10.7. The van der Waals surface area contributed by atoms with Gasteiger partial charge in [0.05, 0.1) is 17.1 Å². The molecule has 0 unspecified atom stereocenters. The molecule has 1 aliphatic rings. The molecule has 0 aliphatic heterocycles. The Hall–Kier alpha value is -1.06. The number of aliphatic hydroxyl groups excluding tert-OH is 1.